The molecule has 2 aromatic carbocycles. The highest BCUT2D eigenvalue weighted by Crippen LogP contribution is 2.34. The molecule has 0 saturated heterocycles. The first-order valence-electron chi connectivity index (χ1n) is 8.92. The average molecular weight is 401 g/mol. The van der Waals surface area contributed by atoms with Gasteiger partial charge in [-0.3, -0.25) is 4.79 Å². The van der Waals surface area contributed by atoms with Crippen LogP contribution >= 0.6 is 23.2 Å². The van der Waals surface area contributed by atoms with Crippen molar-refractivity contribution in [3.63, 3.8) is 0 Å². The van der Waals surface area contributed by atoms with Crippen LogP contribution < -0.4 is 5.32 Å². The number of halogens is 2. The summed E-state index contributed by atoms with van der Waals surface area (Å²) in [5, 5.41) is 4.48. The number of benzene rings is 2. The van der Waals surface area contributed by atoms with Crippen LogP contribution in [0.1, 0.15) is 30.9 Å². The number of aromatic nitrogens is 1. The molecule has 3 nitrogen and oxygen atoms in total. The van der Waals surface area contributed by atoms with Crippen molar-refractivity contribution in [3.05, 3.63) is 75.9 Å². The predicted octanol–water partition coefficient (Wildman–Crippen LogP) is 6.53. The van der Waals surface area contributed by atoms with E-state index in [2.05, 4.69) is 23.0 Å². The smallest absolute Gasteiger partial charge is 0.232 e. The van der Waals surface area contributed by atoms with Gasteiger partial charge in [0.2, 0.25) is 5.91 Å². The van der Waals surface area contributed by atoms with Gasteiger partial charge in [-0.1, -0.05) is 47.5 Å². The molecule has 0 aliphatic carbocycles. The van der Waals surface area contributed by atoms with E-state index >= 15 is 0 Å². The molecule has 3 aromatic rings. The van der Waals surface area contributed by atoms with Gasteiger partial charge >= 0.3 is 0 Å². The van der Waals surface area contributed by atoms with Crippen LogP contribution in [0.25, 0.3) is 11.1 Å². The number of hydrogen-bond donors (Lipinski definition) is 1. The highest BCUT2D eigenvalue weighted by atomic mass is 35.5. The molecule has 3 rings (SSSR count). The van der Waals surface area contributed by atoms with Gasteiger partial charge in [0.1, 0.15) is 5.82 Å². The molecule has 1 atom stereocenters. The summed E-state index contributed by atoms with van der Waals surface area (Å²) in [7, 11) is 0. The van der Waals surface area contributed by atoms with Crippen molar-refractivity contribution in [2.45, 2.75) is 33.2 Å². The second-order valence-electron chi connectivity index (χ2n) is 6.59. The molecule has 1 amide bonds. The third kappa shape index (κ3) is 4.20. The minimum atomic E-state index is -0.291. The van der Waals surface area contributed by atoms with Crippen LogP contribution in [0.3, 0.4) is 0 Å². The normalized spacial score (nSPS) is 12.0. The van der Waals surface area contributed by atoms with Gasteiger partial charge < -0.3 is 9.88 Å². The lowest BCUT2D eigenvalue weighted by Crippen LogP contribution is -2.21. The molecule has 0 fully saturated rings. The Bertz CT molecular complexity index is 944. The summed E-state index contributed by atoms with van der Waals surface area (Å²) in [6, 6.07) is 15.1. The van der Waals surface area contributed by atoms with E-state index in [1.165, 1.54) is 0 Å². The van der Waals surface area contributed by atoms with E-state index in [0.717, 1.165) is 34.6 Å². The summed E-state index contributed by atoms with van der Waals surface area (Å²) in [6.07, 6.45) is 2.06. The SMILES string of the molecule is CCn1cc(C)c(-c2ccc(Cl)cc2)c1NC(=O)C(C)c1ccc(Cl)cc1. The fourth-order valence-electron chi connectivity index (χ4n) is 3.19. The molecule has 1 unspecified atom stereocenters. The predicted molar refractivity (Wildman–Crippen MR) is 114 cm³/mol. The number of nitrogens with one attached hydrogen (secondary N) is 1. The molecule has 1 heterocycles. The van der Waals surface area contributed by atoms with Crippen LogP contribution in [0.2, 0.25) is 10.0 Å². The van der Waals surface area contributed by atoms with Gasteiger partial charge in [-0.15, -0.1) is 0 Å². The van der Waals surface area contributed by atoms with Crippen LogP contribution in [0.4, 0.5) is 5.82 Å². The second-order valence-corrected chi connectivity index (χ2v) is 7.46. The Balaban J connectivity index is 1.94. The van der Waals surface area contributed by atoms with Crippen molar-refractivity contribution in [2.24, 2.45) is 0 Å². The van der Waals surface area contributed by atoms with E-state index in [4.69, 9.17) is 23.2 Å². The molecule has 0 aliphatic heterocycles. The number of aryl methyl sites for hydroxylation is 2. The Labute approximate surface area is 169 Å². The lowest BCUT2D eigenvalue weighted by atomic mass is 10.00. The fraction of sp³-hybridized carbons (Fsp3) is 0.227. The number of carbonyl (C=O) groups excluding carboxylic acids is 1. The molecular formula is C22H22Cl2N2O. The Hall–Kier alpha value is -2.23. The van der Waals surface area contributed by atoms with E-state index in [1.807, 2.05) is 50.2 Å². The van der Waals surface area contributed by atoms with Gasteiger partial charge in [0.25, 0.3) is 0 Å². The van der Waals surface area contributed by atoms with E-state index in [-0.39, 0.29) is 11.8 Å². The van der Waals surface area contributed by atoms with Crippen molar-refractivity contribution in [3.8, 4) is 11.1 Å². The molecule has 0 saturated carbocycles. The molecule has 0 aliphatic rings. The molecule has 1 N–H and O–H groups in total. The van der Waals surface area contributed by atoms with Crippen LogP contribution in [0, 0.1) is 6.92 Å². The molecule has 0 bridgehead atoms. The summed E-state index contributed by atoms with van der Waals surface area (Å²) in [6.45, 7) is 6.77. The number of carbonyl (C=O) groups is 1. The first kappa shape index (κ1) is 19.5. The zero-order valence-electron chi connectivity index (χ0n) is 15.6. The number of rotatable bonds is 5. The summed E-state index contributed by atoms with van der Waals surface area (Å²) >= 11 is 12.0. The summed E-state index contributed by atoms with van der Waals surface area (Å²) in [4.78, 5) is 12.9. The Kier molecular flexibility index (Phi) is 5.93. The van der Waals surface area contributed by atoms with Gasteiger partial charge in [-0.2, -0.15) is 0 Å². The van der Waals surface area contributed by atoms with Crippen molar-refractivity contribution >= 4 is 34.9 Å². The topological polar surface area (TPSA) is 34.0 Å². The molecule has 27 heavy (non-hydrogen) atoms. The monoisotopic (exact) mass is 400 g/mol. The molecular weight excluding hydrogens is 379 g/mol. The average Bonchev–Trinajstić information content (AvgIpc) is 2.97. The van der Waals surface area contributed by atoms with Gasteiger partial charge in [0.05, 0.1) is 5.92 Å². The number of anilines is 1. The van der Waals surface area contributed by atoms with Crippen LogP contribution in [0.5, 0.6) is 0 Å². The van der Waals surface area contributed by atoms with Gasteiger partial charge in [0, 0.05) is 28.4 Å². The van der Waals surface area contributed by atoms with Gasteiger partial charge in [0.15, 0.2) is 0 Å². The van der Waals surface area contributed by atoms with Gasteiger partial charge in [-0.25, -0.2) is 0 Å². The van der Waals surface area contributed by atoms with Crippen LogP contribution in [0.15, 0.2) is 54.7 Å². The molecule has 0 spiro atoms. The van der Waals surface area contributed by atoms with E-state index in [1.54, 1.807) is 12.1 Å². The lowest BCUT2D eigenvalue weighted by Gasteiger charge is -2.16. The molecule has 1 aromatic heterocycles. The Morgan fingerprint density at radius 3 is 2.15 bits per heavy atom. The minimum Gasteiger partial charge on any atom is -0.334 e. The van der Waals surface area contributed by atoms with Crippen molar-refractivity contribution in [1.82, 2.24) is 4.57 Å². The summed E-state index contributed by atoms with van der Waals surface area (Å²) < 4.78 is 2.06. The number of amides is 1. The highest BCUT2D eigenvalue weighted by molar-refractivity contribution is 6.30. The third-order valence-electron chi connectivity index (χ3n) is 4.75. The van der Waals surface area contributed by atoms with Crippen molar-refractivity contribution in [2.75, 3.05) is 5.32 Å². The Morgan fingerprint density at radius 1 is 1.04 bits per heavy atom. The zero-order valence-corrected chi connectivity index (χ0v) is 17.1. The maximum Gasteiger partial charge on any atom is 0.232 e. The third-order valence-corrected chi connectivity index (χ3v) is 5.25. The van der Waals surface area contributed by atoms with Crippen LogP contribution in [-0.4, -0.2) is 10.5 Å². The van der Waals surface area contributed by atoms with Crippen LogP contribution in [-0.2, 0) is 11.3 Å². The quantitative estimate of drug-likeness (QED) is 0.518. The highest BCUT2D eigenvalue weighted by Gasteiger charge is 2.21. The molecule has 5 heteroatoms. The first-order chi connectivity index (χ1) is 12.9. The fourth-order valence-corrected chi connectivity index (χ4v) is 3.44. The summed E-state index contributed by atoms with van der Waals surface area (Å²) in [5.74, 6) is 0.462. The standard InChI is InChI=1S/C22H22Cl2N2O/c1-4-26-13-14(2)20(17-7-11-19(24)12-8-17)21(26)25-22(27)15(3)16-5-9-18(23)10-6-16/h5-13,15H,4H2,1-3H3,(H,25,27). The van der Waals surface area contributed by atoms with Crippen molar-refractivity contribution < 1.29 is 4.79 Å². The van der Waals surface area contributed by atoms with E-state index < -0.39 is 0 Å². The molecule has 140 valence electrons. The van der Waals surface area contributed by atoms with Gasteiger partial charge in [-0.05, 0) is 61.7 Å². The first-order valence-corrected chi connectivity index (χ1v) is 9.68. The summed E-state index contributed by atoms with van der Waals surface area (Å²) in [5.41, 5.74) is 4.08. The maximum absolute atomic E-state index is 12.9. The number of nitrogens with zero attached hydrogens (tertiary/aromatic N) is 1. The largest absolute Gasteiger partial charge is 0.334 e. The molecule has 0 radical (unpaired) electrons. The second kappa shape index (κ2) is 8.20. The Morgan fingerprint density at radius 2 is 1.59 bits per heavy atom. The van der Waals surface area contributed by atoms with E-state index in [0.29, 0.717) is 10.0 Å². The lowest BCUT2D eigenvalue weighted by molar-refractivity contribution is -0.117. The van der Waals surface area contributed by atoms with Crippen molar-refractivity contribution in [1.29, 1.82) is 0 Å². The van der Waals surface area contributed by atoms with E-state index in [9.17, 15) is 4.79 Å². The minimum absolute atomic E-state index is 0.0552. The maximum atomic E-state index is 12.9. The number of hydrogen-bond acceptors (Lipinski definition) is 1. The zero-order chi connectivity index (χ0) is 19.6.